The fourth-order valence-electron chi connectivity index (χ4n) is 4.15. The number of hydrogen-bond acceptors (Lipinski definition) is 5. The number of benzene rings is 2. The summed E-state index contributed by atoms with van der Waals surface area (Å²) in [4.78, 5) is 5.02. The molecule has 2 heterocycles. The summed E-state index contributed by atoms with van der Waals surface area (Å²) in [6, 6.07) is 17.4. The zero-order valence-electron chi connectivity index (χ0n) is 17.5. The van der Waals surface area contributed by atoms with Gasteiger partial charge in [0.25, 0.3) is 0 Å². The van der Waals surface area contributed by atoms with Crippen molar-refractivity contribution in [1.29, 1.82) is 0 Å². The van der Waals surface area contributed by atoms with E-state index in [1.165, 1.54) is 17.7 Å². The minimum atomic E-state index is -0.229. The van der Waals surface area contributed by atoms with Crippen LogP contribution in [0.2, 0.25) is 0 Å². The molecule has 1 aliphatic rings. The first-order valence-corrected chi connectivity index (χ1v) is 10.7. The van der Waals surface area contributed by atoms with Gasteiger partial charge in [0, 0.05) is 32.7 Å². The summed E-state index contributed by atoms with van der Waals surface area (Å²) in [5.41, 5.74) is 2.35. The van der Waals surface area contributed by atoms with Gasteiger partial charge in [0.1, 0.15) is 5.82 Å². The fraction of sp³-hybridized carbons (Fsp3) is 0.435. The monoisotopic (exact) mass is 408 g/mol. The molecule has 7 heteroatoms. The van der Waals surface area contributed by atoms with Gasteiger partial charge in [-0.05, 0) is 40.1 Å². The van der Waals surface area contributed by atoms with Gasteiger partial charge in [-0.1, -0.05) is 55.8 Å². The number of piperazine rings is 1. The van der Waals surface area contributed by atoms with Crippen molar-refractivity contribution in [2.45, 2.75) is 38.9 Å². The van der Waals surface area contributed by atoms with E-state index in [-0.39, 0.29) is 11.9 Å². The van der Waals surface area contributed by atoms with Crippen molar-refractivity contribution < 1.29 is 4.39 Å². The third-order valence-electron chi connectivity index (χ3n) is 5.76. The van der Waals surface area contributed by atoms with Crippen LogP contribution in [-0.2, 0) is 13.1 Å². The SMILES string of the molecule is CCC[C@@H](c1nnnn1Cc1ccc(F)cc1)N1CCN(Cc2ccccc2)CC1. The molecule has 0 spiro atoms. The van der Waals surface area contributed by atoms with Gasteiger partial charge < -0.3 is 0 Å². The summed E-state index contributed by atoms with van der Waals surface area (Å²) in [5.74, 6) is 0.672. The zero-order chi connectivity index (χ0) is 20.8. The second kappa shape index (κ2) is 9.91. The lowest BCUT2D eigenvalue weighted by atomic mass is 10.1. The van der Waals surface area contributed by atoms with Crippen LogP contribution in [0.4, 0.5) is 4.39 Å². The minimum Gasteiger partial charge on any atom is -0.297 e. The van der Waals surface area contributed by atoms with Gasteiger partial charge in [-0.25, -0.2) is 9.07 Å². The van der Waals surface area contributed by atoms with Gasteiger partial charge in [0.2, 0.25) is 0 Å². The first-order valence-electron chi connectivity index (χ1n) is 10.7. The van der Waals surface area contributed by atoms with Crippen molar-refractivity contribution in [2.24, 2.45) is 0 Å². The molecule has 3 aromatic rings. The molecule has 0 unspecified atom stereocenters. The maximum atomic E-state index is 13.2. The lowest BCUT2D eigenvalue weighted by Crippen LogP contribution is -2.47. The molecule has 0 amide bonds. The van der Waals surface area contributed by atoms with Gasteiger partial charge in [-0.2, -0.15) is 0 Å². The van der Waals surface area contributed by atoms with Gasteiger partial charge in [-0.3, -0.25) is 9.80 Å². The summed E-state index contributed by atoms with van der Waals surface area (Å²) < 4.78 is 15.1. The molecule has 158 valence electrons. The Morgan fingerprint density at radius 1 is 0.900 bits per heavy atom. The van der Waals surface area contributed by atoms with E-state index >= 15 is 0 Å². The summed E-state index contributed by atoms with van der Waals surface area (Å²) in [6.07, 6.45) is 2.08. The average Bonchev–Trinajstić information content (AvgIpc) is 3.23. The molecule has 1 saturated heterocycles. The lowest BCUT2D eigenvalue weighted by molar-refractivity contribution is 0.0820. The first kappa shape index (κ1) is 20.6. The van der Waals surface area contributed by atoms with Crippen molar-refractivity contribution in [2.75, 3.05) is 26.2 Å². The number of nitrogens with zero attached hydrogens (tertiary/aromatic N) is 6. The summed E-state index contributed by atoms with van der Waals surface area (Å²) >= 11 is 0. The first-order chi connectivity index (χ1) is 14.7. The Hall–Kier alpha value is -2.64. The summed E-state index contributed by atoms with van der Waals surface area (Å²) in [7, 11) is 0. The molecule has 0 N–H and O–H groups in total. The Balaban J connectivity index is 1.42. The Kier molecular flexibility index (Phi) is 6.81. The molecule has 0 saturated carbocycles. The quantitative estimate of drug-likeness (QED) is 0.571. The molecule has 0 bridgehead atoms. The van der Waals surface area contributed by atoms with E-state index < -0.39 is 0 Å². The van der Waals surface area contributed by atoms with Crippen LogP contribution in [0.15, 0.2) is 54.6 Å². The second-order valence-corrected chi connectivity index (χ2v) is 7.92. The number of halogens is 1. The fourth-order valence-corrected chi connectivity index (χ4v) is 4.15. The molecule has 1 aromatic heterocycles. The lowest BCUT2D eigenvalue weighted by Gasteiger charge is -2.38. The molecule has 4 rings (SSSR count). The molecule has 6 nitrogen and oxygen atoms in total. The number of hydrogen-bond donors (Lipinski definition) is 0. The predicted octanol–water partition coefficient (Wildman–Crippen LogP) is 3.52. The summed E-state index contributed by atoms with van der Waals surface area (Å²) in [6.45, 7) is 7.82. The smallest absolute Gasteiger partial charge is 0.168 e. The number of aromatic nitrogens is 4. The van der Waals surface area contributed by atoms with Crippen LogP contribution >= 0.6 is 0 Å². The van der Waals surface area contributed by atoms with Crippen molar-refractivity contribution in [3.8, 4) is 0 Å². The van der Waals surface area contributed by atoms with E-state index in [9.17, 15) is 4.39 Å². The van der Waals surface area contributed by atoms with Gasteiger partial charge in [0.05, 0.1) is 12.6 Å². The molecule has 1 fully saturated rings. The highest BCUT2D eigenvalue weighted by Gasteiger charge is 2.28. The molecular formula is C23H29FN6. The number of tetrazole rings is 1. The maximum Gasteiger partial charge on any atom is 0.168 e. The molecule has 0 radical (unpaired) electrons. The van der Waals surface area contributed by atoms with Crippen LogP contribution in [0.25, 0.3) is 0 Å². The van der Waals surface area contributed by atoms with Crippen molar-refractivity contribution in [3.05, 3.63) is 77.4 Å². The van der Waals surface area contributed by atoms with Crippen molar-refractivity contribution in [3.63, 3.8) is 0 Å². The normalized spacial score (nSPS) is 16.6. The van der Waals surface area contributed by atoms with Crippen LogP contribution in [-0.4, -0.2) is 56.2 Å². The highest BCUT2D eigenvalue weighted by molar-refractivity contribution is 5.17. The third-order valence-corrected chi connectivity index (χ3v) is 5.76. The zero-order valence-corrected chi connectivity index (χ0v) is 17.5. The third kappa shape index (κ3) is 5.09. The van der Waals surface area contributed by atoms with Crippen LogP contribution < -0.4 is 0 Å². The maximum absolute atomic E-state index is 13.2. The predicted molar refractivity (Wildman–Crippen MR) is 114 cm³/mol. The molecule has 1 aliphatic heterocycles. The van der Waals surface area contributed by atoms with Crippen LogP contribution in [0.5, 0.6) is 0 Å². The average molecular weight is 409 g/mol. The van der Waals surface area contributed by atoms with Crippen molar-refractivity contribution >= 4 is 0 Å². The Bertz CT molecular complexity index is 903. The van der Waals surface area contributed by atoms with E-state index in [4.69, 9.17) is 0 Å². The highest BCUT2D eigenvalue weighted by atomic mass is 19.1. The van der Waals surface area contributed by atoms with E-state index in [0.717, 1.165) is 57.0 Å². The molecule has 0 aliphatic carbocycles. The van der Waals surface area contributed by atoms with Crippen LogP contribution in [0.1, 0.15) is 42.8 Å². The minimum absolute atomic E-state index is 0.198. The molecule has 30 heavy (non-hydrogen) atoms. The Labute approximate surface area is 177 Å². The molecular weight excluding hydrogens is 379 g/mol. The van der Waals surface area contributed by atoms with Crippen LogP contribution in [0, 0.1) is 5.82 Å². The Morgan fingerprint density at radius 2 is 1.60 bits per heavy atom. The topological polar surface area (TPSA) is 50.1 Å². The Morgan fingerprint density at radius 3 is 2.30 bits per heavy atom. The van der Waals surface area contributed by atoms with E-state index in [1.807, 2.05) is 4.68 Å². The highest BCUT2D eigenvalue weighted by Crippen LogP contribution is 2.26. The van der Waals surface area contributed by atoms with E-state index in [0.29, 0.717) is 6.54 Å². The van der Waals surface area contributed by atoms with Gasteiger partial charge in [0.15, 0.2) is 5.82 Å². The standard InChI is InChI=1S/C23H29FN6/c1-2-6-22(23-25-26-27-30(23)18-20-9-11-21(24)12-10-20)29-15-13-28(14-16-29)17-19-7-4-3-5-8-19/h3-5,7-12,22H,2,6,13-18H2,1H3/t22-/m0/s1. The van der Waals surface area contributed by atoms with E-state index in [1.54, 1.807) is 12.1 Å². The summed E-state index contributed by atoms with van der Waals surface area (Å²) in [5, 5.41) is 12.6. The van der Waals surface area contributed by atoms with Gasteiger partial charge in [-0.15, -0.1) is 5.10 Å². The largest absolute Gasteiger partial charge is 0.297 e. The van der Waals surface area contributed by atoms with Gasteiger partial charge >= 0.3 is 0 Å². The molecule has 1 atom stereocenters. The van der Waals surface area contributed by atoms with E-state index in [2.05, 4.69) is 62.6 Å². The molecule has 2 aromatic carbocycles. The van der Waals surface area contributed by atoms with Crippen molar-refractivity contribution in [1.82, 2.24) is 30.0 Å². The second-order valence-electron chi connectivity index (χ2n) is 7.92. The number of rotatable bonds is 8. The van der Waals surface area contributed by atoms with Crippen LogP contribution in [0.3, 0.4) is 0 Å².